The summed E-state index contributed by atoms with van der Waals surface area (Å²) >= 11 is -2.35. The average Bonchev–Trinajstić information content (AvgIpc) is 2.44. The van der Waals surface area contributed by atoms with Crippen molar-refractivity contribution in [2.75, 3.05) is 0 Å². The molecule has 0 radical (unpaired) electrons. The third-order valence-electron chi connectivity index (χ3n) is 4.82. The van der Waals surface area contributed by atoms with Crippen molar-refractivity contribution in [3.8, 4) is 0 Å². The van der Waals surface area contributed by atoms with E-state index >= 15 is 0 Å². The molecule has 0 spiro atoms. The number of carbonyl (C=O) groups is 1. The fourth-order valence-electron chi connectivity index (χ4n) is 3.70. The van der Waals surface area contributed by atoms with Gasteiger partial charge < -0.3 is 0 Å². The Hall–Kier alpha value is -0.711. The second kappa shape index (κ2) is 7.26. The van der Waals surface area contributed by atoms with Crippen LogP contribution in [0.1, 0.15) is 52.0 Å². The van der Waals surface area contributed by atoms with E-state index in [1.807, 2.05) is 20.8 Å². The fraction of sp³-hybridized carbons (Fsp3) is 0.650. The Morgan fingerprint density at radius 3 is 2.21 bits per heavy atom. The molecule has 24 heavy (non-hydrogen) atoms. The molecule has 4 heteroatoms. The van der Waals surface area contributed by atoms with E-state index in [0.717, 1.165) is 12.8 Å². The first-order chi connectivity index (χ1) is 11.0. The van der Waals surface area contributed by atoms with Gasteiger partial charge in [0.15, 0.2) is 0 Å². The van der Waals surface area contributed by atoms with Crippen molar-refractivity contribution >= 4 is 24.5 Å². The van der Waals surface area contributed by atoms with Gasteiger partial charge in [0.2, 0.25) is 0 Å². The van der Waals surface area contributed by atoms with Crippen molar-refractivity contribution in [1.29, 1.82) is 0 Å². The van der Waals surface area contributed by atoms with Crippen molar-refractivity contribution in [3.63, 3.8) is 0 Å². The number of ether oxygens (including phenoxy) is 1. The minimum absolute atomic E-state index is 0.127. The molecular weight excluding hydrogens is 405 g/mol. The topological polar surface area (TPSA) is 29.5 Å². The number of likely N-dealkylation sites (tertiary alicyclic amines) is 1. The van der Waals surface area contributed by atoms with Gasteiger partial charge in [-0.25, -0.2) is 0 Å². The van der Waals surface area contributed by atoms with Crippen LogP contribution in [0, 0.1) is 0 Å². The molecule has 1 heterocycles. The molecule has 1 saturated heterocycles. The van der Waals surface area contributed by atoms with Crippen molar-refractivity contribution in [3.05, 3.63) is 35.9 Å². The summed E-state index contributed by atoms with van der Waals surface area (Å²) in [6.45, 7) is 8.02. The van der Waals surface area contributed by atoms with Crippen LogP contribution in [0.25, 0.3) is 0 Å². The summed E-state index contributed by atoms with van der Waals surface area (Å²) in [5, 5.41) is 0. The van der Waals surface area contributed by atoms with Crippen molar-refractivity contribution < 1.29 is 9.53 Å². The third kappa shape index (κ3) is 4.90. The Labute approximate surface area is 151 Å². The first-order valence-corrected chi connectivity index (χ1v) is 19.3. The molecule has 1 aromatic carbocycles. The van der Waals surface area contributed by atoms with E-state index < -0.39 is 24.0 Å². The van der Waals surface area contributed by atoms with E-state index in [-0.39, 0.29) is 12.1 Å². The number of nitrogens with zero attached hydrogens (tertiary/aromatic N) is 1. The van der Waals surface area contributed by atoms with Crippen LogP contribution in [0.15, 0.2) is 30.3 Å². The number of piperidine rings is 1. The maximum absolute atomic E-state index is 12.9. The van der Waals surface area contributed by atoms with Gasteiger partial charge >= 0.3 is 152 Å². The molecule has 0 aliphatic carbocycles. The Kier molecular flexibility index (Phi) is 5.94. The van der Waals surface area contributed by atoms with E-state index in [1.165, 1.54) is 5.56 Å². The molecular formula is C20H33NO2Sn. The maximum atomic E-state index is 12.9. The Bertz CT molecular complexity index is 559. The zero-order valence-corrected chi connectivity index (χ0v) is 19.2. The van der Waals surface area contributed by atoms with E-state index in [1.54, 1.807) is 0 Å². The average molecular weight is 438 g/mol. The van der Waals surface area contributed by atoms with Crippen LogP contribution in [0.4, 0.5) is 4.79 Å². The molecule has 0 N–H and O–H groups in total. The molecule has 1 aliphatic heterocycles. The summed E-state index contributed by atoms with van der Waals surface area (Å²) in [6.07, 6.45) is 1.97. The molecule has 1 fully saturated rings. The van der Waals surface area contributed by atoms with Crippen molar-refractivity contribution in [2.45, 2.75) is 77.0 Å². The van der Waals surface area contributed by atoms with Crippen LogP contribution in [0.3, 0.4) is 0 Å². The van der Waals surface area contributed by atoms with Crippen LogP contribution >= 0.6 is 0 Å². The van der Waals surface area contributed by atoms with Gasteiger partial charge in [0.1, 0.15) is 0 Å². The standard InChI is InChI=1S/C17H24NO2.3CH3.Sn/c1-13-12-15(14-8-6-5-7-9-14)10-11-18(13)16(19)20-17(2,3)4;;;;/h5-9,11,13,15H,10,12H2,1-4H3;3*1H3;/t13-,15-;;;;/m1..../s1. The molecule has 3 atom stereocenters. The number of hydrogen-bond acceptors (Lipinski definition) is 2. The first kappa shape index (κ1) is 19.6. The summed E-state index contributed by atoms with van der Waals surface area (Å²) < 4.78 is 6.11. The summed E-state index contributed by atoms with van der Waals surface area (Å²) in [6, 6.07) is 11.0. The monoisotopic (exact) mass is 439 g/mol. The van der Waals surface area contributed by atoms with Gasteiger partial charge in [-0.1, -0.05) is 0 Å². The number of hydrogen-bond donors (Lipinski definition) is 0. The molecule has 0 aromatic heterocycles. The molecule has 0 unspecified atom stereocenters. The van der Waals surface area contributed by atoms with E-state index in [0.29, 0.717) is 9.98 Å². The summed E-state index contributed by atoms with van der Waals surface area (Å²) in [5.41, 5.74) is 0.971. The van der Waals surface area contributed by atoms with Gasteiger partial charge in [-0.15, -0.1) is 0 Å². The van der Waals surface area contributed by atoms with Crippen LogP contribution < -0.4 is 0 Å². The summed E-state index contributed by atoms with van der Waals surface area (Å²) in [5.74, 6) is 0.542. The van der Waals surface area contributed by atoms with Crippen LogP contribution in [-0.2, 0) is 4.74 Å². The molecule has 2 rings (SSSR count). The SMILES string of the molecule is C[C@@H]1C[C@H](c2ccccc2)C[C@@H]([Sn]([CH3])([CH3])[CH3])N1C(=O)OC(C)(C)C. The zero-order valence-electron chi connectivity index (χ0n) is 16.3. The first-order valence-electron chi connectivity index (χ1n) is 9.05. The summed E-state index contributed by atoms with van der Waals surface area (Å²) in [7, 11) is 0. The number of amides is 1. The van der Waals surface area contributed by atoms with Crippen LogP contribution in [0.5, 0.6) is 0 Å². The zero-order chi connectivity index (χ0) is 18.1. The number of benzene rings is 1. The molecule has 1 amide bonds. The van der Waals surface area contributed by atoms with Crippen LogP contribution in [-0.4, -0.2) is 45.1 Å². The second-order valence-corrected chi connectivity index (χ2v) is 24.6. The normalized spacial score (nSPS) is 25.5. The van der Waals surface area contributed by atoms with Gasteiger partial charge in [0.25, 0.3) is 0 Å². The van der Waals surface area contributed by atoms with E-state index in [4.69, 9.17) is 4.74 Å². The van der Waals surface area contributed by atoms with Gasteiger partial charge in [-0.2, -0.15) is 0 Å². The van der Waals surface area contributed by atoms with Gasteiger partial charge in [0, 0.05) is 0 Å². The fourth-order valence-corrected chi connectivity index (χ4v) is 9.94. The molecule has 1 aromatic rings. The molecule has 3 nitrogen and oxygen atoms in total. The Balaban J connectivity index is 2.27. The molecule has 0 bridgehead atoms. The second-order valence-electron chi connectivity index (χ2n) is 9.20. The quantitative estimate of drug-likeness (QED) is 0.576. The Morgan fingerprint density at radius 1 is 1.12 bits per heavy atom. The third-order valence-corrected chi connectivity index (χ3v) is 12.0. The molecule has 134 valence electrons. The number of rotatable bonds is 2. The summed E-state index contributed by atoms with van der Waals surface area (Å²) in [4.78, 5) is 22.2. The van der Waals surface area contributed by atoms with Crippen molar-refractivity contribution in [2.24, 2.45) is 0 Å². The van der Waals surface area contributed by atoms with Crippen LogP contribution in [0.2, 0.25) is 14.8 Å². The number of carbonyl (C=O) groups excluding carboxylic acids is 1. The van der Waals surface area contributed by atoms with Gasteiger partial charge in [0.05, 0.1) is 0 Å². The molecule has 1 aliphatic rings. The van der Waals surface area contributed by atoms with Gasteiger partial charge in [-0.3, -0.25) is 0 Å². The van der Waals surface area contributed by atoms with E-state index in [2.05, 4.69) is 57.0 Å². The van der Waals surface area contributed by atoms with Gasteiger partial charge in [-0.05, 0) is 0 Å². The molecule has 0 saturated carbocycles. The Morgan fingerprint density at radius 2 is 1.71 bits per heavy atom. The van der Waals surface area contributed by atoms with E-state index in [9.17, 15) is 4.79 Å². The predicted octanol–water partition coefficient (Wildman–Crippen LogP) is 5.44. The van der Waals surface area contributed by atoms with Crippen molar-refractivity contribution in [1.82, 2.24) is 4.90 Å². The predicted molar refractivity (Wildman–Crippen MR) is 103 cm³/mol. The minimum atomic E-state index is -2.35.